The molecule has 7 nitrogen and oxygen atoms in total. The van der Waals surface area contributed by atoms with Crippen LogP contribution in [0.1, 0.15) is 77.6 Å². The zero-order valence-corrected chi connectivity index (χ0v) is 25.9. The summed E-state index contributed by atoms with van der Waals surface area (Å²) in [6.07, 6.45) is -0.0152. The number of benzene rings is 3. The van der Waals surface area contributed by atoms with Crippen molar-refractivity contribution >= 4 is 34.4 Å². The molecule has 0 saturated heterocycles. The van der Waals surface area contributed by atoms with Gasteiger partial charge in [0.05, 0.1) is 0 Å². The van der Waals surface area contributed by atoms with Crippen LogP contribution in [0.4, 0.5) is 10.5 Å². The Kier molecular flexibility index (Phi) is 10.2. The molecule has 0 aliphatic rings. The molecule has 0 bridgehead atoms. The van der Waals surface area contributed by atoms with Gasteiger partial charge in [-0.2, -0.15) is 0 Å². The summed E-state index contributed by atoms with van der Waals surface area (Å²) in [5.41, 5.74) is 2.74. The molecule has 3 rings (SSSR count). The van der Waals surface area contributed by atoms with Crippen LogP contribution in [-0.4, -0.2) is 40.5 Å². The number of hydrogen-bond donors (Lipinski definition) is 2. The number of fused-ring (bicyclic) bond motifs is 1. The molecule has 7 heteroatoms. The minimum Gasteiger partial charge on any atom is -0.444 e. The molecule has 3 aromatic rings. The number of rotatable bonds is 9. The van der Waals surface area contributed by atoms with Crippen LogP contribution in [0, 0.1) is 19.8 Å². The summed E-state index contributed by atoms with van der Waals surface area (Å²) in [5.74, 6) is -0.858. The van der Waals surface area contributed by atoms with E-state index < -0.39 is 23.8 Å². The predicted octanol–water partition coefficient (Wildman–Crippen LogP) is 7.31. The third-order valence-corrected chi connectivity index (χ3v) is 7.35. The smallest absolute Gasteiger partial charge is 0.408 e. The lowest BCUT2D eigenvalue weighted by atomic mass is 9.93. The average molecular weight is 560 g/mol. The number of nitrogens with zero attached hydrogens (tertiary/aromatic N) is 1. The highest BCUT2D eigenvalue weighted by Crippen LogP contribution is 2.30. The van der Waals surface area contributed by atoms with E-state index in [2.05, 4.69) is 10.6 Å². The van der Waals surface area contributed by atoms with Gasteiger partial charge in [0.1, 0.15) is 17.7 Å². The molecule has 2 N–H and O–H groups in total. The molecule has 0 spiro atoms. The highest BCUT2D eigenvalue weighted by Gasteiger charge is 2.39. The van der Waals surface area contributed by atoms with E-state index in [-0.39, 0.29) is 23.8 Å². The first-order valence-electron chi connectivity index (χ1n) is 14.4. The second-order valence-electron chi connectivity index (χ2n) is 12.1. The highest BCUT2D eigenvalue weighted by molar-refractivity contribution is 6.00. The van der Waals surface area contributed by atoms with Crippen LogP contribution in [0.3, 0.4) is 0 Å². The number of carbonyl (C=O) groups excluding carboxylic acids is 3. The molecule has 0 radical (unpaired) electrons. The Bertz CT molecular complexity index is 1390. The molecule has 3 amide bonds. The largest absolute Gasteiger partial charge is 0.444 e. The molecule has 0 heterocycles. The number of amides is 3. The van der Waals surface area contributed by atoms with Crippen LogP contribution >= 0.6 is 0 Å². The van der Waals surface area contributed by atoms with Crippen LogP contribution in [0.2, 0.25) is 0 Å². The maximum atomic E-state index is 14.4. The number of hydrogen-bond acceptors (Lipinski definition) is 4. The van der Waals surface area contributed by atoms with Gasteiger partial charge in [-0.05, 0) is 94.0 Å². The first kappa shape index (κ1) is 31.7. The molecule has 0 saturated carbocycles. The summed E-state index contributed by atoms with van der Waals surface area (Å²) in [6, 6.07) is 17.4. The Hall–Kier alpha value is -3.87. The predicted molar refractivity (Wildman–Crippen MR) is 166 cm³/mol. The number of anilines is 1. The Morgan fingerprint density at radius 2 is 1.54 bits per heavy atom. The fourth-order valence-corrected chi connectivity index (χ4v) is 4.81. The van der Waals surface area contributed by atoms with Gasteiger partial charge in [0.25, 0.3) is 5.91 Å². The molecule has 0 aliphatic carbocycles. The zero-order chi connectivity index (χ0) is 30.5. The monoisotopic (exact) mass is 559 g/mol. The molecule has 0 aliphatic heterocycles. The van der Waals surface area contributed by atoms with E-state index in [1.54, 1.807) is 25.7 Å². The molecule has 0 aromatic heterocycles. The van der Waals surface area contributed by atoms with E-state index in [0.717, 1.165) is 21.9 Å². The van der Waals surface area contributed by atoms with Gasteiger partial charge < -0.3 is 20.3 Å². The maximum Gasteiger partial charge on any atom is 0.408 e. The standard InChI is InChI=1S/C34H45N3O4/c1-10-22(4)29(36-33(40)41-34(7,8)9)32(39)37(21(2)3)30(27-16-15-23(5)24(6)19-27)31(38)35-28-18-17-25-13-11-12-14-26(25)20-28/h11-22,29-30H,10H2,1-9H3,(H,35,38)(H,36,40). The number of ether oxygens (including phenoxy) is 1. The second kappa shape index (κ2) is 13.2. The summed E-state index contributed by atoms with van der Waals surface area (Å²) < 4.78 is 5.49. The maximum absolute atomic E-state index is 14.4. The Balaban J connectivity index is 2.06. The molecule has 41 heavy (non-hydrogen) atoms. The molecule has 220 valence electrons. The Labute approximate surface area is 244 Å². The summed E-state index contributed by atoms with van der Waals surface area (Å²) in [5, 5.41) is 7.95. The van der Waals surface area contributed by atoms with Crippen molar-refractivity contribution in [1.29, 1.82) is 0 Å². The van der Waals surface area contributed by atoms with Gasteiger partial charge in [0.2, 0.25) is 5.91 Å². The first-order chi connectivity index (χ1) is 19.2. The third-order valence-electron chi connectivity index (χ3n) is 7.35. The quantitative estimate of drug-likeness (QED) is 0.288. The van der Waals surface area contributed by atoms with Crippen LogP contribution in [-0.2, 0) is 14.3 Å². The van der Waals surface area contributed by atoms with Gasteiger partial charge in [0.15, 0.2) is 0 Å². The van der Waals surface area contributed by atoms with E-state index >= 15 is 0 Å². The molecule has 3 aromatic carbocycles. The van der Waals surface area contributed by atoms with Crippen LogP contribution in [0.5, 0.6) is 0 Å². The van der Waals surface area contributed by atoms with Crippen LogP contribution < -0.4 is 10.6 Å². The topological polar surface area (TPSA) is 87.7 Å². The van der Waals surface area contributed by atoms with Crippen molar-refractivity contribution in [3.63, 3.8) is 0 Å². The number of alkyl carbamates (subject to hydrolysis) is 1. The fraction of sp³-hybridized carbons (Fsp3) is 0.441. The third kappa shape index (κ3) is 8.09. The Morgan fingerprint density at radius 3 is 2.12 bits per heavy atom. The van der Waals surface area contributed by atoms with Crippen molar-refractivity contribution in [2.24, 2.45) is 5.92 Å². The molecule has 3 unspecified atom stereocenters. The van der Waals surface area contributed by atoms with Crippen molar-refractivity contribution in [2.45, 2.75) is 92.5 Å². The van der Waals surface area contributed by atoms with Gasteiger partial charge in [-0.25, -0.2) is 4.79 Å². The SMILES string of the molecule is CCC(C)C(NC(=O)OC(C)(C)C)C(=O)N(C(C)C)C(C(=O)Nc1ccc2ccccc2c1)c1ccc(C)c(C)c1. The zero-order valence-electron chi connectivity index (χ0n) is 25.9. The molecular formula is C34H45N3O4. The van der Waals surface area contributed by atoms with Gasteiger partial charge >= 0.3 is 6.09 Å². The summed E-state index contributed by atoms with van der Waals surface area (Å²) in [6.45, 7) is 17.0. The highest BCUT2D eigenvalue weighted by atomic mass is 16.6. The second-order valence-corrected chi connectivity index (χ2v) is 12.1. The van der Waals surface area contributed by atoms with Gasteiger partial charge in [-0.3, -0.25) is 9.59 Å². The average Bonchev–Trinajstić information content (AvgIpc) is 2.89. The normalized spacial score (nSPS) is 13.8. The first-order valence-corrected chi connectivity index (χ1v) is 14.4. The summed E-state index contributed by atoms with van der Waals surface area (Å²) in [7, 11) is 0. The minimum absolute atomic E-state index is 0.194. The lowest BCUT2D eigenvalue weighted by molar-refractivity contribution is -0.144. The molecular weight excluding hydrogens is 514 g/mol. The summed E-state index contributed by atoms with van der Waals surface area (Å²) >= 11 is 0. The van der Waals surface area contributed by atoms with Crippen molar-refractivity contribution in [3.05, 3.63) is 77.4 Å². The number of carbonyl (C=O) groups is 3. The van der Waals surface area contributed by atoms with E-state index in [9.17, 15) is 14.4 Å². The van der Waals surface area contributed by atoms with E-state index in [1.165, 1.54) is 0 Å². The van der Waals surface area contributed by atoms with Gasteiger partial charge in [-0.15, -0.1) is 0 Å². The Morgan fingerprint density at radius 1 is 0.878 bits per heavy atom. The van der Waals surface area contributed by atoms with Gasteiger partial charge in [0, 0.05) is 11.7 Å². The minimum atomic E-state index is -0.930. The number of nitrogens with one attached hydrogen (secondary N) is 2. The van der Waals surface area contributed by atoms with Crippen molar-refractivity contribution < 1.29 is 19.1 Å². The van der Waals surface area contributed by atoms with E-state index in [0.29, 0.717) is 17.7 Å². The van der Waals surface area contributed by atoms with Crippen molar-refractivity contribution in [1.82, 2.24) is 10.2 Å². The van der Waals surface area contributed by atoms with Crippen molar-refractivity contribution in [3.8, 4) is 0 Å². The van der Waals surface area contributed by atoms with Crippen LogP contribution in [0.25, 0.3) is 10.8 Å². The fourth-order valence-electron chi connectivity index (χ4n) is 4.81. The number of aryl methyl sites for hydroxylation is 2. The lowest BCUT2D eigenvalue weighted by Gasteiger charge is -2.38. The molecule has 0 fully saturated rings. The molecule has 3 atom stereocenters. The summed E-state index contributed by atoms with van der Waals surface area (Å²) in [4.78, 5) is 42.9. The van der Waals surface area contributed by atoms with Crippen LogP contribution in [0.15, 0.2) is 60.7 Å². The van der Waals surface area contributed by atoms with Gasteiger partial charge in [-0.1, -0.05) is 68.8 Å². The van der Waals surface area contributed by atoms with E-state index in [4.69, 9.17) is 4.74 Å². The van der Waals surface area contributed by atoms with Crippen molar-refractivity contribution in [2.75, 3.05) is 5.32 Å². The van der Waals surface area contributed by atoms with E-state index in [1.807, 2.05) is 102 Å². The lowest BCUT2D eigenvalue weighted by Crippen LogP contribution is -2.56.